The molecule has 1 heterocycles. The number of carbonyl (C=O) groups is 2. The molecule has 60 valence electrons. The maximum atomic E-state index is 10.9. The van der Waals surface area contributed by atoms with Crippen molar-refractivity contribution in [2.75, 3.05) is 6.54 Å². The van der Waals surface area contributed by atoms with Crippen molar-refractivity contribution in [2.45, 2.75) is 12.8 Å². The molecule has 1 aliphatic heterocycles. The van der Waals surface area contributed by atoms with E-state index in [0.29, 0.717) is 19.4 Å². The zero-order chi connectivity index (χ0) is 8.27. The van der Waals surface area contributed by atoms with E-state index < -0.39 is 0 Å². The van der Waals surface area contributed by atoms with Crippen LogP contribution < -0.4 is 5.43 Å². The van der Waals surface area contributed by atoms with Crippen LogP contribution in [0, 0.1) is 0 Å². The Labute approximate surface area is 64.8 Å². The van der Waals surface area contributed by atoms with Gasteiger partial charge in [-0.25, -0.2) is 10.4 Å². The number of nitrogens with one attached hydrogen (secondary N) is 1. The number of hydrazine groups is 1. The Hall–Kier alpha value is -1.16. The highest BCUT2D eigenvalue weighted by molar-refractivity contribution is 6.01. The molecule has 0 radical (unpaired) electrons. The van der Waals surface area contributed by atoms with Gasteiger partial charge in [-0.05, 0) is 0 Å². The third-order valence-electron chi connectivity index (χ3n) is 1.45. The van der Waals surface area contributed by atoms with Crippen LogP contribution >= 0.6 is 0 Å². The normalized spacial score (nSPS) is 17.6. The average Bonchev–Trinajstić information content (AvgIpc) is 2.29. The zero-order valence-corrected chi connectivity index (χ0v) is 6.17. The lowest BCUT2D eigenvalue weighted by Gasteiger charge is -2.12. The Kier molecular flexibility index (Phi) is 2.38. The molecule has 0 unspecified atom stereocenters. The molecule has 0 saturated carbocycles. The SMILES string of the molecule is C=CCNN1C(=O)CCC1=O. The first-order valence-electron chi connectivity index (χ1n) is 3.46. The summed E-state index contributed by atoms with van der Waals surface area (Å²) in [6, 6.07) is 0. The molecule has 1 N–H and O–H groups in total. The quantitative estimate of drug-likeness (QED) is 0.453. The van der Waals surface area contributed by atoms with Gasteiger partial charge in [-0.2, -0.15) is 0 Å². The molecule has 0 spiro atoms. The van der Waals surface area contributed by atoms with Crippen molar-refractivity contribution in [3.63, 3.8) is 0 Å². The molecule has 1 aliphatic rings. The average molecular weight is 154 g/mol. The minimum Gasteiger partial charge on any atom is -0.273 e. The number of hydrogen-bond acceptors (Lipinski definition) is 3. The van der Waals surface area contributed by atoms with Crippen molar-refractivity contribution in [3.05, 3.63) is 12.7 Å². The summed E-state index contributed by atoms with van der Waals surface area (Å²) in [6.45, 7) is 3.90. The summed E-state index contributed by atoms with van der Waals surface area (Å²) < 4.78 is 0. The van der Waals surface area contributed by atoms with Gasteiger partial charge in [0.2, 0.25) is 11.8 Å². The summed E-state index contributed by atoms with van der Waals surface area (Å²) in [6.07, 6.45) is 2.24. The van der Waals surface area contributed by atoms with Crippen LogP contribution in [0.3, 0.4) is 0 Å². The largest absolute Gasteiger partial charge is 0.273 e. The molecule has 0 aliphatic carbocycles. The Balaban J connectivity index is 2.47. The maximum Gasteiger partial charge on any atom is 0.244 e. The summed E-state index contributed by atoms with van der Waals surface area (Å²) in [5.74, 6) is -0.311. The van der Waals surface area contributed by atoms with Gasteiger partial charge in [-0.1, -0.05) is 6.08 Å². The molecule has 4 heteroatoms. The van der Waals surface area contributed by atoms with E-state index in [1.165, 1.54) is 0 Å². The summed E-state index contributed by atoms with van der Waals surface area (Å²) >= 11 is 0. The third kappa shape index (κ3) is 1.65. The Morgan fingerprint density at radius 2 is 2.00 bits per heavy atom. The second-order valence-electron chi connectivity index (χ2n) is 2.27. The number of nitrogens with zero attached hydrogens (tertiary/aromatic N) is 1. The lowest BCUT2D eigenvalue weighted by molar-refractivity contribution is -0.141. The second-order valence-corrected chi connectivity index (χ2v) is 2.27. The van der Waals surface area contributed by atoms with Gasteiger partial charge in [0.15, 0.2) is 0 Å². The predicted molar refractivity (Wildman–Crippen MR) is 39.3 cm³/mol. The van der Waals surface area contributed by atoms with Crippen LogP contribution in [0.1, 0.15) is 12.8 Å². The fourth-order valence-electron chi connectivity index (χ4n) is 0.909. The smallest absolute Gasteiger partial charge is 0.244 e. The minimum atomic E-state index is -0.156. The highest BCUT2D eigenvalue weighted by atomic mass is 16.2. The van der Waals surface area contributed by atoms with Gasteiger partial charge in [-0.15, -0.1) is 6.58 Å². The number of amides is 2. The summed E-state index contributed by atoms with van der Waals surface area (Å²) in [4.78, 5) is 21.8. The van der Waals surface area contributed by atoms with E-state index >= 15 is 0 Å². The van der Waals surface area contributed by atoms with E-state index in [-0.39, 0.29) is 11.8 Å². The van der Waals surface area contributed by atoms with Gasteiger partial charge < -0.3 is 0 Å². The topological polar surface area (TPSA) is 49.4 Å². The van der Waals surface area contributed by atoms with E-state index in [4.69, 9.17) is 0 Å². The molecule has 1 rings (SSSR count). The van der Waals surface area contributed by atoms with E-state index in [9.17, 15) is 9.59 Å². The minimum absolute atomic E-state index is 0.156. The molecule has 1 fully saturated rings. The predicted octanol–water partition coefficient (Wildman–Crippen LogP) is -0.174. The van der Waals surface area contributed by atoms with Crippen molar-refractivity contribution in [1.82, 2.24) is 10.4 Å². The highest BCUT2D eigenvalue weighted by Crippen LogP contribution is 2.07. The van der Waals surface area contributed by atoms with Crippen LogP contribution in [0.5, 0.6) is 0 Å². The lowest BCUT2D eigenvalue weighted by Crippen LogP contribution is -2.41. The summed E-state index contributed by atoms with van der Waals surface area (Å²) in [5.41, 5.74) is 2.65. The first-order chi connectivity index (χ1) is 5.25. The molecular weight excluding hydrogens is 144 g/mol. The Morgan fingerprint density at radius 3 is 2.45 bits per heavy atom. The maximum absolute atomic E-state index is 10.9. The van der Waals surface area contributed by atoms with E-state index in [1.807, 2.05) is 0 Å². The van der Waals surface area contributed by atoms with Crippen LogP contribution in [0.15, 0.2) is 12.7 Å². The van der Waals surface area contributed by atoms with Crippen LogP contribution in [-0.4, -0.2) is 23.4 Å². The molecule has 2 amide bonds. The molecule has 0 atom stereocenters. The van der Waals surface area contributed by atoms with E-state index in [1.54, 1.807) is 6.08 Å². The summed E-state index contributed by atoms with van der Waals surface area (Å²) in [7, 11) is 0. The van der Waals surface area contributed by atoms with Crippen molar-refractivity contribution in [2.24, 2.45) is 0 Å². The molecule has 0 aromatic rings. The van der Waals surface area contributed by atoms with Crippen molar-refractivity contribution < 1.29 is 9.59 Å². The molecule has 0 aromatic heterocycles. The first-order valence-corrected chi connectivity index (χ1v) is 3.46. The summed E-state index contributed by atoms with van der Waals surface area (Å²) in [5, 5.41) is 1.06. The van der Waals surface area contributed by atoms with E-state index in [2.05, 4.69) is 12.0 Å². The van der Waals surface area contributed by atoms with Gasteiger partial charge in [0.1, 0.15) is 0 Å². The Bertz CT molecular complexity index is 185. The zero-order valence-electron chi connectivity index (χ0n) is 6.17. The number of carbonyl (C=O) groups excluding carboxylic acids is 2. The van der Waals surface area contributed by atoms with Gasteiger partial charge in [0, 0.05) is 19.4 Å². The standard InChI is InChI=1S/C7H10N2O2/c1-2-5-8-9-6(10)3-4-7(9)11/h2,8H,1,3-5H2. The third-order valence-corrected chi connectivity index (χ3v) is 1.45. The van der Waals surface area contributed by atoms with Crippen molar-refractivity contribution >= 4 is 11.8 Å². The number of hydrogen-bond donors (Lipinski definition) is 1. The van der Waals surface area contributed by atoms with Gasteiger partial charge in [0.05, 0.1) is 0 Å². The molecule has 0 aromatic carbocycles. The molecule has 1 saturated heterocycles. The van der Waals surface area contributed by atoms with Crippen molar-refractivity contribution in [1.29, 1.82) is 0 Å². The number of rotatable bonds is 3. The molecular formula is C7H10N2O2. The van der Waals surface area contributed by atoms with Gasteiger partial charge >= 0.3 is 0 Å². The monoisotopic (exact) mass is 154 g/mol. The van der Waals surface area contributed by atoms with Gasteiger partial charge in [-0.3, -0.25) is 9.59 Å². The first kappa shape index (κ1) is 7.94. The van der Waals surface area contributed by atoms with Crippen LogP contribution in [-0.2, 0) is 9.59 Å². The van der Waals surface area contributed by atoms with Crippen molar-refractivity contribution in [3.8, 4) is 0 Å². The number of imide groups is 1. The van der Waals surface area contributed by atoms with Gasteiger partial charge in [0.25, 0.3) is 0 Å². The fourth-order valence-corrected chi connectivity index (χ4v) is 0.909. The molecule has 4 nitrogen and oxygen atoms in total. The highest BCUT2D eigenvalue weighted by Gasteiger charge is 2.27. The Morgan fingerprint density at radius 1 is 1.45 bits per heavy atom. The lowest BCUT2D eigenvalue weighted by atomic mass is 10.4. The van der Waals surface area contributed by atoms with Crippen LogP contribution in [0.4, 0.5) is 0 Å². The van der Waals surface area contributed by atoms with Crippen LogP contribution in [0.2, 0.25) is 0 Å². The van der Waals surface area contributed by atoms with E-state index in [0.717, 1.165) is 5.01 Å². The molecule has 11 heavy (non-hydrogen) atoms. The fraction of sp³-hybridized carbons (Fsp3) is 0.429. The molecule has 0 bridgehead atoms. The van der Waals surface area contributed by atoms with Crippen LogP contribution in [0.25, 0.3) is 0 Å². The second kappa shape index (κ2) is 3.30.